The van der Waals surface area contributed by atoms with E-state index in [0.717, 1.165) is 6.42 Å². The first-order chi connectivity index (χ1) is 6.45. The monoisotopic (exact) mass is 203 g/mol. The highest BCUT2D eigenvalue weighted by molar-refractivity contribution is 5.67. The molecule has 0 aromatic carbocycles. The number of nitrogens with one attached hydrogen (secondary N) is 1. The molecular weight excluding hydrogens is 182 g/mol. The molecule has 0 aliphatic carbocycles. The smallest absolute Gasteiger partial charge is 0.304 e. The van der Waals surface area contributed by atoms with Crippen molar-refractivity contribution in [3.63, 3.8) is 0 Å². The molecule has 0 heterocycles. The second-order valence-corrected chi connectivity index (χ2v) is 4.17. The number of hydrogen-bond donors (Lipinski definition) is 3. The summed E-state index contributed by atoms with van der Waals surface area (Å²) in [6, 6.07) is -0.0900. The van der Waals surface area contributed by atoms with Crippen molar-refractivity contribution in [2.75, 3.05) is 6.61 Å². The Balaban J connectivity index is 3.85. The van der Waals surface area contributed by atoms with Crippen LogP contribution in [-0.2, 0) is 4.79 Å². The van der Waals surface area contributed by atoms with Crippen LogP contribution in [0.3, 0.4) is 0 Å². The summed E-state index contributed by atoms with van der Waals surface area (Å²) in [7, 11) is 0. The van der Waals surface area contributed by atoms with Crippen molar-refractivity contribution in [3.05, 3.63) is 0 Å². The second kappa shape index (κ2) is 6.79. The van der Waals surface area contributed by atoms with Crippen LogP contribution in [0.4, 0.5) is 0 Å². The van der Waals surface area contributed by atoms with Crippen molar-refractivity contribution in [1.29, 1.82) is 0 Å². The van der Waals surface area contributed by atoms with E-state index in [1.54, 1.807) is 0 Å². The van der Waals surface area contributed by atoms with Gasteiger partial charge in [0, 0.05) is 12.1 Å². The summed E-state index contributed by atoms with van der Waals surface area (Å²) in [6.07, 6.45) is 0.953. The lowest BCUT2D eigenvalue weighted by Gasteiger charge is -2.22. The second-order valence-electron chi connectivity index (χ2n) is 4.17. The third-order valence-corrected chi connectivity index (χ3v) is 1.98. The summed E-state index contributed by atoms with van der Waals surface area (Å²) >= 11 is 0. The lowest BCUT2D eigenvalue weighted by atomic mass is 10.0. The first kappa shape index (κ1) is 13.4. The number of carboxylic acid groups (broad SMARTS) is 1. The van der Waals surface area contributed by atoms with Gasteiger partial charge in [0.25, 0.3) is 0 Å². The fourth-order valence-corrected chi connectivity index (χ4v) is 1.49. The lowest BCUT2D eigenvalue weighted by molar-refractivity contribution is -0.137. The fourth-order valence-electron chi connectivity index (χ4n) is 1.49. The van der Waals surface area contributed by atoms with Gasteiger partial charge in [-0.1, -0.05) is 13.8 Å². The van der Waals surface area contributed by atoms with Crippen molar-refractivity contribution >= 4 is 5.97 Å². The largest absolute Gasteiger partial charge is 0.481 e. The number of carboxylic acids is 1. The summed E-state index contributed by atoms with van der Waals surface area (Å²) in [6.45, 7) is 6.03. The normalized spacial score (nSPS) is 15.5. The van der Waals surface area contributed by atoms with E-state index in [-0.39, 0.29) is 25.1 Å². The molecule has 0 rings (SSSR count). The third kappa shape index (κ3) is 6.86. The molecule has 0 saturated carbocycles. The Morgan fingerprint density at radius 1 is 1.36 bits per heavy atom. The molecule has 0 fully saturated rings. The van der Waals surface area contributed by atoms with Crippen molar-refractivity contribution < 1.29 is 15.0 Å². The van der Waals surface area contributed by atoms with E-state index in [9.17, 15) is 4.79 Å². The average Bonchev–Trinajstić information content (AvgIpc) is 2.00. The number of aliphatic carboxylic acids is 1. The molecule has 84 valence electrons. The van der Waals surface area contributed by atoms with Crippen molar-refractivity contribution in [3.8, 4) is 0 Å². The van der Waals surface area contributed by atoms with Crippen LogP contribution in [0.15, 0.2) is 0 Å². The van der Waals surface area contributed by atoms with Gasteiger partial charge in [0.1, 0.15) is 0 Å². The van der Waals surface area contributed by atoms with Gasteiger partial charge < -0.3 is 15.5 Å². The Kier molecular flexibility index (Phi) is 6.49. The third-order valence-electron chi connectivity index (χ3n) is 1.98. The van der Waals surface area contributed by atoms with Crippen LogP contribution in [-0.4, -0.2) is 34.9 Å². The first-order valence-corrected chi connectivity index (χ1v) is 5.04. The number of rotatable bonds is 7. The Morgan fingerprint density at radius 3 is 2.29 bits per heavy atom. The molecule has 4 nitrogen and oxygen atoms in total. The van der Waals surface area contributed by atoms with Gasteiger partial charge in [0.05, 0.1) is 13.0 Å². The van der Waals surface area contributed by atoms with Crippen molar-refractivity contribution in [1.82, 2.24) is 5.32 Å². The minimum Gasteiger partial charge on any atom is -0.481 e. The molecule has 14 heavy (non-hydrogen) atoms. The van der Waals surface area contributed by atoms with Gasteiger partial charge in [0.15, 0.2) is 0 Å². The molecule has 0 aromatic rings. The maximum atomic E-state index is 10.4. The summed E-state index contributed by atoms with van der Waals surface area (Å²) in [4.78, 5) is 10.4. The highest BCUT2D eigenvalue weighted by Gasteiger charge is 2.14. The van der Waals surface area contributed by atoms with Crippen LogP contribution in [0.25, 0.3) is 0 Å². The van der Waals surface area contributed by atoms with Crippen molar-refractivity contribution in [2.45, 2.75) is 45.7 Å². The van der Waals surface area contributed by atoms with E-state index in [2.05, 4.69) is 19.2 Å². The van der Waals surface area contributed by atoms with Gasteiger partial charge in [-0.15, -0.1) is 0 Å². The lowest BCUT2D eigenvalue weighted by Crippen LogP contribution is -2.40. The minimum absolute atomic E-state index is 0.00403. The molecule has 0 aliphatic rings. The van der Waals surface area contributed by atoms with Gasteiger partial charge in [0.2, 0.25) is 0 Å². The molecule has 0 radical (unpaired) electrons. The molecule has 2 unspecified atom stereocenters. The van der Waals surface area contributed by atoms with Crippen LogP contribution in [0.5, 0.6) is 0 Å². The molecule has 0 spiro atoms. The highest BCUT2D eigenvalue weighted by atomic mass is 16.4. The molecular formula is C10H21NO3. The van der Waals surface area contributed by atoms with Gasteiger partial charge in [-0.2, -0.15) is 0 Å². The van der Waals surface area contributed by atoms with Crippen LogP contribution in [0, 0.1) is 5.92 Å². The molecule has 4 heteroatoms. The molecule has 2 atom stereocenters. The molecule has 0 saturated heterocycles. The highest BCUT2D eigenvalue weighted by Crippen LogP contribution is 2.05. The van der Waals surface area contributed by atoms with Crippen molar-refractivity contribution in [2.24, 2.45) is 5.92 Å². The van der Waals surface area contributed by atoms with Gasteiger partial charge >= 0.3 is 5.97 Å². The summed E-state index contributed by atoms with van der Waals surface area (Å²) in [5.74, 6) is -0.317. The summed E-state index contributed by atoms with van der Waals surface area (Å²) in [5, 5.41) is 20.7. The predicted molar refractivity (Wildman–Crippen MR) is 55.2 cm³/mol. The fraction of sp³-hybridized carbons (Fsp3) is 0.900. The maximum Gasteiger partial charge on any atom is 0.304 e. The van der Waals surface area contributed by atoms with Crippen LogP contribution < -0.4 is 5.32 Å². The average molecular weight is 203 g/mol. The zero-order chi connectivity index (χ0) is 11.1. The summed E-state index contributed by atoms with van der Waals surface area (Å²) in [5.41, 5.74) is 0. The number of aliphatic hydroxyl groups is 1. The summed E-state index contributed by atoms with van der Waals surface area (Å²) < 4.78 is 0. The molecule has 3 N–H and O–H groups in total. The van der Waals surface area contributed by atoms with E-state index in [1.807, 2.05) is 6.92 Å². The maximum absolute atomic E-state index is 10.4. The van der Waals surface area contributed by atoms with E-state index < -0.39 is 5.97 Å². The van der Waals surface area contributed by atoms with Crippen LogP contribution in [0.2, 0.25) is 0 Å². The zero-order valence-corrected chi connectivity index (χ0v) is 9.16. The number of hydrogen-bond acceptors (Lipinski definition) is 3. The quantitative estimate of drug-likeness (QED) is 0.573. The van der Waals surface area contributed by atoms with E-state index in [0.29, 0.717) is 5.92 Å². The Morgan fingerprint density at radius 2 is 1.93 bits per heavy atom. The van der Waals surface area contributed by atoms with E-state index in [4.69, 9.17) is 10.2 Å². The standard InChI is InChI=1S/C10H21NO3/c1-7(2)4-9(6-12)11-8(3)5-10(13)14/h7-9,11-12H,4-6H2,1-3H3,(H,13,14). The minimum atomic E-state index is -0.814. The topological polar surface area (TPSA) is 69.6 Å². The molecule has 0 aromatic heterocycles. The molecule has 0 aliphatic heterocycles. The van der Waals surface area contributed by atoms with Gasteiger partial charge in [-0.25, -0.2) is 0 Å². The number of aliphatic hydroxyl groups excluding tert-OH is 1. The van der Waals surface area contributed by atoms with E-state index >= 15 is 0 Å². The Hall–Kier alpha value is -0.610. The van der Waals surface area contributed by atoms with Crippen LogP contribution in [0.1, 0.15) is 33.6 Å². The first-order valence-electron chi connectivity index (χ1n) is 5.04. The zero-order valence-electron chi connectivity index (χ0n) is 9.16. The SMILES string of the molecule is CC(C)CC(CO)NC(C)CC(=O)O. The van der Waals surface area contributed by atoms with Gasteiger partial charge in [-0.3, -0.25) is 4.79 Å². The van der Waals surface area contributed by atoms with E-state index in [1.165, 1.54) is 0 Å². The van der Waals surface area contributed by atoms with Crippen LogP contribution >= 0.6 is 0 Å². The Bertz CT molecular complexity index is 171. The molecule has 0 bridgehead atoms. The molecule has 0 amide bonds. The predicted octanol–water partition coefficient (Wildman–Crippen LogP) is 0.846. The Labute approximate surface area is 85.3 Å². The van der Waals surface area contributed by atoms with Gasteiger partial charge in [-0.05, 0) is 19.3 Å². The number of carbonyl (C=O) groups is 1.